The van der Waals surface area contributed by atoms with Crippen molar-refractivity contribution in [3.05, 3.63) is 24.7 Å². The molecule has 0 saturated carbocycles. The van der Waals surface area contributed by atoms with Gasteiger partial charge in [-0.25, -0.2) is 14.8 Å². The lowest BCUT2D eigenvalue weighted by Crippen LogP contribution is -2.49. The number of H-pyrrole nitrogens is 1. The number of hydrogen-bond donors (Lipinski definition) is 2. The minimum Gasteiger partial charge on any atom is -0.444 e. The van der Waals surface area contributed by atoms with Gasteiger partial charge < -0.3 is 15.0 Å². The molecule has 1 unspecified atom stereocenters. The van der Waals surface area contributed by atoms with Crippen LogP contribution in [0.4, 0.5) is 10.6 Å². The number of ether oxygens (including phenoxy) is 1. The monoisotopic (exact) mass is 368 g/mol. The number of amides is 1. The second kappa shape index (κ2) is 6.68. The number of carbonyl (C=O) groups is 1. The molecule has 3 aromatic rings. The number of nitrogens with one attached hydrogen (secondary N) is 2. The van der Waals surface area contributed by atoms with E-state index in [4.69, 9.17) is 4.74 Å². The summed E-state index contributed by atoms with van der Waals surface area (Å²) < 4.78 is 5.39. The predicted octanol–water partition coefficient (Wildman–Crippen LogP) is 3.00. The normalized spacial score (nSPS) is 18.0. The summed E-state index contributed by atoms with van der Waals surface area (Å²) in [5, 5.41) is 13.4. The molecule has 0 bridgehead atoms. The van der Waals surface area contributed by atoms with Gasteiger partial charge in [-0.15, -0.1) is 0 Å². The third kappa shape index (κ3) is 3.65. The summed E-state index contributed by atoms with van der Waals surface area (Å²) in [5.74, 6) is 0.934. The van der Waals surface area contributed by atoms with Gasteiger partial charge in [0, 0.05) is 47.7 Å². The first-order chi connectivity index (χ1) is 12.9. The molecule has 0 aromatic carbocycles. The molecular formula is C19H24N6O2. The highest BCUT2D eigenvalue weighted by molar-refractivity contribution is 6.09. The molecule has 0 radical (unpaired) electrons. The highest BCUT2D eigenvalue weighted by atomic mass is 16.6. The molecule has 3 aromatic heterocycles. The van der Waals surface area contributed by atoms with Gasteiger partial charge in [-0.1, -0.05) is 0 Å². The van der Waals surface area contributed by atoms with Gasteiger partial charge in [0.2, 0.25) is 0 Å². The fraction of sp³-hybridized carbons (Fsp3) is 0.474. The van der Waals surface area contributed by atoms with E-state index in [1.165, 1.54) is 0 Å². The van der Waals surface area contributed by atoms with Crippen LogP contribution in [-0.2, 0) is 4.74 Å². The zero-order valence-electron chi connectivity index (χ0n) is 15.8. The average molecular weight is 368 g/mol. The molecule has 27 heavy (non-hydrogen) atoms. The van der Waals surface area contributed by atoms with Crippen molar-refractivity contribution in [2.45, 2.75) is 45.3 Å². The van der Waals surface area contributed by atoms with Crippen molar-refractivity contribution in [1.82, 2.24) is 25.5 Å². The molecule has 1 aliphatic rings. The Balaban J connectivity index is 1.60. The van der Waals surface area contributed by atoms with Gasteiger partial charge in [-0.3, -0.25) is 5.10 Å². The number of pyridine rings is 1. The van der Waals surface area contributed by atoms with E-state index in [0.717, 1.165) is 47.0 Å². The van der Waals surface area contributed by atoms with Gasteiger partial charge in [0.25, 0.3) is 0 Å². The van der Waals surface area contributed by atoms with Crippen molar-refractivity contribution in [3.63, 3.8) is 0 Å². The topological polar surface area (TPSA) is 96.0 Å². The summed E-state index contributed by atoms with van der Waals surface area (Å²) in [6.45, 7) is 7.17. The molecule has 8 nitrogen and oxygen atoms in total. The number of piperidine rings is 1. The van der Waals surface area contributed by atoms with Gasteiger partial charge in [0.15, 0.2) is 5.65 Å². The Morgan fingerprint density at radius 2 is 2.19 bits per heavy atom. The fourth-order valence-electron chi connectivity index (χ4n) is 3.56. The number of carbonyl (C=O) groups excluding carboxylic acids is 1. The average Bonchev–Trinajstić information content (AvgIpc) is 3.08. The molecular weight excluding hydrogens is 344 g/mol. The maximum absolute atomic E-state index is 12.1. The lowest BCUT2D eigenvalue weighted by Gasteiger charge is -2.35. The molecule has 1 amide bonds. The maximum Gasteiger partial charge on any atom is 0.407 e. The summed E-state index contributed by atoms with van der Waals surface area (Å²) in [7, 11) is 0. The van der Waals surface area contributed by atoms with Crippen molar-refractivity contribution in [2.75, 3.05) is 18.0 Å². The molecule has 1 fully saturated rings. The molecule has 1 saturated heterocycles. The smallest absolute Gasteiger partial charge is 0.407 e. The number of rotatable bonds is 2. The summed E-state index contributed by atoms with van der Waals surface area (Å²) in [4.78, 5) is 23.1. The highest BCUT2D eigenvalue weighted by Crippen LogP contribution is 2.31. The van der Waals surface area contributed by atoms with E-state index in [1.807, 2.05) is 26.8 Å². The van der Waals surface area contributed by atoms with Gasteiger partial charge >= 0.3 is 6.09 Å². The molecule has 4 rings (SSSR count). The summed E-state index contributed by atoms with van der Waals surface area (Å²) in [6.07, 6.45) is 6.86. The molecule has 2 N–H and O–H groups in total. The van der Waals surface area contributed by atoms with Crippen molar-refractivity contribution in [1.29, 1.82) is 0 Å². The van der Waals surface area contributed by atoms with Crippen LogP contribution in [0, 0.1) is 0 Å². The Kier molecular flexibility index (Phi) is 4.33. The van der Waals surface area contributed by atoms with E-state index in [9.17, 15) is 4.79 Å². The van der Waals surface area contributed by atoms with Crippen LogP contribution in [0.25, 0.3) is 21.8 Å². The summed E-state index contributed by atoms with van der Waals surface area (Å²) in [5.41, 5.74) is 0.221. The quantitative estimate of drug-likeness (QED) is 0.722. The molecule has 1 aliphatic heterocycles. The number of aromatic nitrogens is 4. The van der Waals surface area contributed by atoms with Crippen molar-refractivity contribution < 1.29 is 9.53 Å². The third-order valence-electron chi connectivity index (χ3n) is 4.63. The second-order valence-electron chi connectivity index (χ2n) is 7.92. The van der Waals surface area contributed by atoms with E-state index in [-0.39, 0.29) is 12.1 Å². The van der Waals surface area contributed by atoms with E-state index in [2.05, 4.69) is 30.4 Å². The molecule has 0 aliphatic carbocycles. The Labute approximate surface area is 157 Å². The number of aromatic amines is 1. The summed E-state index contributed by atoms with van der Waals surface area (Å²) in [6, 6.07) is 2.00. The number of nitrogens with zero attached hydrogens (tertiary/aromatic N) is 4. The van der Waals surface area contributed by atoms with E-state index in [1.54, 1.807) is 18.6 Å². The number of fused-ring (bicyclic) bond motifs is 3. The zero-order valence-corrected chi connectivity index (χ0v) is 15.8. The third-order valence-corrected chi connectivity index (χ3v) is 4.63. The van der Waals surface area contributed by atoms with Gasteiger partial charge in [0.1, 0.15) is 11.4 Å². The van der Waals surface area contributed by atoms with Crippen molar-refractivity contribution in [2.24, 2.45) is 0 Å². The minimum atomic E-state index is -0.505. The predicted molar refractivity (Wildman–Crippen MR) is 104 cm³/mol. The minimum absolute atomic E-state index is 0.0207. The van der Waals surface area contributed by atoms with Crippen molar-refractivity contribution >= 4 is 33.7 Å². The summed E-state index contributed by atoms with van der Waals surface area (Å²) >= 11 is 0. The molecule has 142 valence electrons. The lowest BCUT2D eigenvalue weighted by atomic mass is 10.0. The van der Waals surface area contributed by atoms with Crippen LogP contribution >= 0.6 is 0 Å². The van der Waals surface area contributed by atoms with Crippen LogP contribution < -0.4 is 10.2 Å². The van der Waals surface area contributed by atoms with Gasteiger partial charge in [-0.2, -0.15) is 5.10 Å². The van der Waals surface area contributed by atoms with E-state index < -0.39 is 5.60 Å². The molecule has 1 atom stereocenters. The Morgan fingerprint density at radius 1 is 1.33 bits per heavy atom. The second-order valence-corrected chi connectivity index (χ2v) is 7.92. The van der Waals surface area contributed by atoms with Crippen LogP contribution in [0.5, 0.6) is 0 Å². The largest absolute Gasteiger partial charge is 0.444 e. The molecule has 0 spiro atoms. The molecule has 8 heteroatoms. The van der Waals surface area contributed by atoms with E-state index >= 15 is 0 Å². The van der Waals surface area contributed by atoms with Crippen LogP contribution in [0.2, 0.25) is 0 Å². The Bertz CT molecular complexity index is 977. The Hall–Kier alpha value is -2.90. The van der Waals surface area contributed by atoms with Crippen LogP contribution in [0.1, 0.15) is 33.6 Å². The Morgan fingerprint density at radius 3 is 3.00 bits per heavy atom. The SMILES string of the molecule is CC(C)(C)OC(=O)NC1CCCN(c2[nH]ncc3cnc4nccc4c23)C1. The first kappa shape index (κ1) is 17.5. The first-order valence-electron chi connectivity index (χ1n) is 9.22. The van der Waals surface area contributed by atoms with Crippen LogP contribution in [-0.4, -0.2) is 51.0 Å². The van der Waals surface area contributed by atoms with Gasteiger partial charge in [-0.05, 0) is 39.7 Å². The molecule has 4 heterocycles. The lowest BCUT2D eigenvalue weighted by molar-refractivity contribution is 0.0500. The van der Waals surface area contributed by atoms with Gasteiger partial charge in [0.05, 0.1) is 6.20 Å². The highest BCUT2D eigenvalue weighted by Gasteiger charge is 2.26. The zero-order chi connectivity index (χ0) is 19.0. The first-order valence-corrected chi connectivity index (χ1v) is 9.22. The number of hydrogen-bond acceptors (Lipinski definition) is 6. The number of anilines is 1. The van der Waals surface area contributed by atoms with Crippen LogP contribution in [0.15, 0.2) is 24.7 Å². The standard InChI is InChI=1S/C19H24N6O2/c1-19(2,3)27-18(26)23-13-5-4-8-25(11-13)17-15-12(10-22-24-17)9-21-16-14(15)6-7-20-16/h6-7,9-10,13,24H,4-5,8,11H2,1-3H3,(H,23,26). The fourth-order valence-corrected chi connectivity index (χ4v) is 3.56. The van der Waals surface area contributed by atoms with Crippen LogP contribution in [0.3, 0.4) is 0 Å². The maximum atomic E-state index is 12.1. The number of alkyl carbamates (subject to hydrolysis) is 1. The van der Waals surface area contributed by atoms with E-state index in [0.29, 0.717) is 6.54 Å². The van der Waals surface area contributed by atoms with Crippen molar-refractivity contribution in [3.8, 4) is 0 Å².